The van der Waals surface area contributed by atoms with Gasteiger partial charge >= 0.3 is 13.1 Å². The highest BCUT2D eigenvalue weighted by Gasteiger charge is 2.41. The normalized spacial score (nSPS) is 25.4. The molecule has 0 aliphatic carbocycles. The zero-order valence-electron chi connectivity index (χ0n) is 10.6. The Morgan fingerprint density at radius 1 is 1.67 bits per heavy atom. The first-order valence-electron chi connectivity index (χ1n) is 6.06. The number of hydrogen-bond acceptors (Lipinski definition) is 6. The largest absolute Gasteiger partial charge is 0.527 e. The molecule has 0 aromatic rings. The Kier molecular flexibility index (Phi) is 4.52. The van der Waals surface area contributed by atoms with Crippen LogP contribution in [0.2, 0.25) is 6.32 Å². The molecule has 8 heteroatoms. The maximum Gasteiger partial charge on any atom is 0.527 e. The molecule has 2 fully saturated rings. The molecule has 0 spiro atoms. The summed E-state index contributed by atoms with van der Waals surface area (Å²) in [6.45, 7) is 2.73. The number of fused-ring (bicyclic) bond motifs is 1. The third kappa shape index (κ3) is 2.81. The van der Waals surface area contributed by atoms with E-state index in [4.69, 9.17) is 9.31 Å². The average molecular weight is 272 g/mol. The highest BCUT2D eigenvalue weighted by Crippen LogP contribution is 2.27. The van der Waals surface area contributed by atoms with Gasteiger partial charge in [-0.15, -0.1) is 0 Å². The molecular formula is C10H17BN2O4S. The Bertz CT molecular complexity index is 344. The molecule has 0 bridgehead atoms. The fourth-order valence-electron chi connectivity index (χ4n) is 2.05. The van der Waals surface area contributed by atoms with Crippen LogP contribution in [0.15, 0.2) is 0 Å². The highest BCUT2D eigenvalue weighted by molar-refractivity contribution is 7.97. The van der Waals surface area contributed by atoms with Crippen LogP contribution in [0.1, 0.15) is 13.3 Å². The van der Waals surface area contributed by atoms with Crippen LogP contribution in [0.25, 0.3) is 0 Å². The Balaban J connectivity index is 2.04. The maximum atomic E-state index is 12.0. The van der Waals surface area contributed by atoms with E-state index in [-0.39, 0.29) is 17.9 Å². The van der Waals surface area contributed by atoms with Gasteiger partial charge in [-0.05, 0) is 0 Å². The van der Waals surface area contributed by atoms with Crippen molar-refractivity contribution in [2.45, 2.75) is 25.7 Å². The molecule has 1 amide bonds. The van der Waals surface area contributed by atoms with Crippen molar-refractivity contribution < 1.29 is 18.9 Å². The number of hydrogen-bond donors (Lipinski definition) is 0. The highest BCUT2D eigenvalue weighted by atomic mass is 32.2. The fraction of sp³-hybridized carbons (Fsp3) is 0.800. The summed E-state index contributed by atoms with van der Waals surface area (Å²) in [6.07, 6.45) is 1.12. The van der Waals surface area contributed by atoms with E-state index in [1.54, 1.807) is 16.8 Å². The van der Waals surface area contributed by atoms with Crippen LogP contribution in [0.3, 0.4) is 0 Å². The fourth-order valence-corrected chi connectivity index (χ4v) is 3.14. The predicted octanol–water partition coefficient (Wildman–Crippen LogP) is 0.206. The van der Waals surface area contributed by atoms with E-state index >= 15 is 0 Å². The van der Waals surface area contributed by atoms with Crippen molar-refractivity contribution in [3.63, 3.8) is 0 Å². The summed E-state index contributed by atoms with van der Waals surface area (Å²) in [6, 6.07) is -0.372. The van der Waals surface area contributed by atoms with Crippen LogP contribution in [0, 0.1) is 0 Å². The quantitative estimate of drug-likeness (QED) is 0.529. The van der Waals surface area contributed by atoms with E-state index in [1.165, 1.54) is 7.11 Å². The van der Waals surface area contributed by atoms with Crippen LogP contribution in [0.4, 0.5) is 0 Å². The Labute approximate surface area is 111 Å². The monoisotopic (exact) mass is 272 g/mol. The second-order valence-corrected chi connectivity index (χ2v) is 5.40. The van der Waals surface area contributed by atoms with Gasteiger partial charge in [-0.25, -0.2) is 4.31 Å². The standard InChI is InChI=1S/C10H17BN2O4S/c1-3-9(14)12-6-8-10(15)17-11(16-2)4-5-18-13(8)7-12/h8H,3-7H2,1-2H3. The second kappa shape index (κ2) is 5.94. The van der Waals surface area contributed by atoms with Crippen LogP contribution < -0.4 is 0 Å². The van der Waals surface area contributed by atoms with Gasteiger partial charge in [-0.3, -0.25) is 9.59 Å². The summed E-state index contributed by atoms with van der Waals surface area (Å²) in [5, 5.41) is 0. The molecule has 18 heavy (non-hydrogen) atoms. The number of nitrogens with zero attached hydrogens (tertiary/aromatic N) is 2. The lowest BCUT2D eigenvalue weighted by molar-refractivity contribution is -0.139. The molecule has 2 saturated heterocycles. The zero-order chi connectivity index (χ0) is 13.1. The van der Waals surface area contributed by atoms with E-state index in [0.29, 0.717) is 26.0 Å². The van der Waals surface area contributed by atoms with Gasteiger partial charge < -0.3 is 14.2 Å². The third-order valence-corrected chi connectivity index (χ3v) is 4.22. The molecule has 100 valence electrons. The third-order valence-electron chi connectivity index (χ3n) is 3.10. The minimum atomic E-state index is -0.469. The molecule has 2 aliphatic rings. The van der Waals surface area contributed by atoms with Crippen molar-refractivity contribution in [2.24, 2.45) is 0 Å². The summed E-state index contributed by atoms with van der Waals surface area (Å²) in [4.78, 5) is 25.3. The van der Waals surface area contributed by atoms with Crippen LogP contribution in [0.5, 0.6) is 0 Å². The van der Waals surface area contributed by atoms with Crippen molar-refractivity contribution in [1.82, 2.24) is 9.21 Å². The molecule has 2 heterocycles. The van der Waals surface area contributed by atoms with Gasteiger partial charge in [-0.1, -0.05) is 18.9 Å². The number of carbonyl (C=O) groups excluding carboxylic acids is 2. The SMILES string of the molecule is CCC(=O)N1CC2C(=O)OB(OC)CCSN2C1. The van der Waals surface area contributed by atoms with Crippen molar-refractivity contribution in [2.75, 3.05) is 26.1 Å². The molecule has 0 aromatic carbocycles. The second-order valence-electron chi connectivity index (χ2n) is 4.27. The predicted molar refractivity (Wildman–Crippen MR) is 68.6 cm³/mol. The summed E-state index contributed by atoms with van der Waals surface area (Å²) in [7, 11) is 1.06. The first-order chi connectivity index (χ1) is 8.65. The van der Waals surface area contributed by atoms with Crippen LogP contribution >= 0.6 is 11.9 Å². The van der Waals surface area contributed by atoms with Gasteiger partial charge in [0.25, 0.3) is 0 Å². The van der Waals surface area contributed by atoms with E-state index < -0.39 is 7.12 Å². The summed E-state index contributed by atoms with van der Waals surface area (Å²) >= 11 is 1.58. The van der Waals surface area contributed by atoms with E-state index in [9.17, 15) is 9.59 Å². The lowest BCUT2D eigenvalue weighted by atomic mass is 9.86. The smallest absolute Gasteiger partial charge is 0.508 e. The van der Waals surface area contributed by atoms with E-state index in [2.05, 4.69) is 0 Å². The van der Waals surface area contributed by atoms with Crippen molar-refractivity contribution >= 4 is 30.9 Å². The van der Waals surface area contributed by atoms with E-state index in [0.717, 1.165) is 5.75 Å². The lowest BCUT2D eigenvalue weighted by Crippen LogP contribution is -2.41. The molecule has 0 aromatic heterocycles. The molecule has 0 N–H and O–H groups in total. The number of rotatable bonds is 2. The lowest BCUT2D eigenvalue weighted by Gasteiger charge is -2.25. The summed E-state index contributed by atoms with van der Waals surface area (Å²) in [5.74, 6) is 0.579. The Morgan fingerprint density at radius 2 is 2.44 bits per heavy atom. The molecule has 6 nitrogen and oxygen atoms in total. The first-order valence-corrected chi connectivity index (χ1v) is 7.00. The van der Waals surface area contributed by atoms with Gasteiger partial charge in [-0.2, -0.15) is 0 Å². The number of amides is 1. The molecule has 2 aliphatic heterocycles. The maximum absolute atomic E-state index is 12.0. The minimum Gasteiger partial charge on any atom is -0.508 e. The summed E-state index contributed by atoms with van der Waals surface area (Å²) in [5.41, 5.74) is 0. The summed E-state index contributed by atoms with van der Waals surface area (Å²) < 4.78 is 12.3. The van der Waals surface area contributed by atoms with Crippen molar-refractivity contribution in [3.8, 4) is 0 Å². The van der Waals surface area contributed by atoms with Gasteiger partial charge in [0.15, 0.2) is 0 Å². The minimum absolute atomic E-state index is 0.0680. The molecule has 2 rings (SSSR count). The Hall–Kier alpha value is -0.725. The molecule has 0 radical (unpaired) electrons. The Morgan fingerprint density at radius 3 is 3.11 bits per heavy atom. The van der Waals surface area contributed by atoms with Crippen LogP contribution in [-0.4, -0.2) is 60.3 Å². The van der Waals surface area contributed by atoms with Gasteiger partial charge in [0.05, 0.1) is 6.67 Å². The van der Waals surface area contributed by atoms with Crippen LogP contribution in [-0.2, 0) is 18.9 Å². The van der Waals surface area contributed by atoms with E-state index in [1.807, 2.05) is 11.2 Å². The van der Waals surface area contributed by atoms with Crippen molar-refractivity contribution in [1.29, 1.82) is 0 Å². The molecule has 0 saturated carbocycles. The van der Waals surface area contributed by atoms with Gasteiger partial charge in [0.2, 0.25) is 5.91 Å². The van der Waals surface area contributed by atoms with Crippen molar-refractivity contribution in [3.05, 3.63) is 0 Å². The van der Waals surface area contributed by atoms with Gasteiger partial charge in [0.1, 0.15) is 6.04 Å². The molecule has 1 atom stereocenters. The average Bonchev–Trinajstić information content (AvgIpc) is 2.78. The first kappa shape index (κ1) is 13.7. The topological polar surface area (TPSA) is 59.1 Å². The zero-order valence-corrected chi connectivity index (χ0v) is 11.4. The molecule has 1 unspecified atom stereocenters. The molecular weight excluding hydrogens is 255 g/mol. The van der Waals surface area contributed by atoms with Gasteiger partial charge in [0, 0.05) is 32.1 Å². The number of carbonyl (C=O) groups is 2.